The molecular formula is C30H34F2O2Zr. The number of rotatable bonds is 5. The molecule has 2 aromatic carbocycles. The number of phenolic OH excluding ortho intramolecular Hbond substituents is 2. The molecule has 35 heavy (non-hydrogen) atoms. The van der Waals surface area contributed by atoms with Crippen molar-refractivity contribution < 1.29 is 45.2 Å². The topological polar surface area (TPSA) is 40.5 Å². The predicted molar refractivity (Wildman–Crippen MR) is 134 cm³/mol. The molecule has 0 atom stereocenters. The first-order valence-corrected chi connectivity index (χ1v) is 11.7. The summed E-state index contributed by atoms with van der Waals surface area (Å²) in [5.41, 5.74) is 5.94. The minimum atomic E-state index is -0.331. The van der Waals surface area contributed by atoms with Gasteiger partial charge in [0.2, 0.25) is 0 Å². The van der Waals surface area contributed by atoms with Gasteiger partial charge in [-0.15, -0.1) is 12.8 Å². The van der Waals surface area contributed by atoms with Crippen molar-refractivity contribution in [3.05, 3.63) is 107 Å². The van der Waals surface area contributed by atoms with E-state index in [1.54, 1.807) is 0 Å². The molecule has 2 aliphatic carbocycles. The van der Waals surface area contributed by atoms with Gasteiger partial charge >= 0.3 is 26.2 Å². The van der Waals surface area contributed by atoms with Gasteiger partial charge in [0.15, 0.2) is 0 Å². The Morgan fingerprint density at radius 1 is 0.657 bits per heavy atom. The Morgan fingerprint density at radius 2 is 0.971 bits per heavy atom. The monoisotopic (exact) mass is 554 g/mol. The molecule has 0 aromatic heterocycles. The minimum Gasteiger partial charge on any atom is -0.508 e. The molecule has 0 radical (unpaired) electrons. The van der Waals surface area contributed by atoms with Crippen molar-refractivity contribution in [2.24, 2.45) is 11.8 Å². The SMILES string of the molecule is CC(C)C1=CC[C-]=C1CCC1=[C-]CC=C1C(C)C.Oc1ccc(F)cc1.Oc1ccc(F)cc1.[Zr+2]. The molecule has 0 saturated carbocycles. The standard InChI is InChI=1S/C18H24.2C6H5FO.Zr/c1-13(2)17-9-5-7-15(17)11-12-16-8-6-10-18(16)14(3)4;2*7-5-1-3-6(8)4-2-5;/h9-10,13-14H,5-6,11-12H2,1-4H3;2*1-4,8H;/q-2;;;+2. The largest absolute Gasteiger partial charge is 2.00 e. The molecule has 0 unspecified atom stereocenters. The fraction of sp³-hybridized carbons (Fsp3) is 0.333. The van der Waals surface area contributed by atoms with Crippen molar-refractivity contribution in [3.63, 3.8) is 0 Å². The predicted octanol–water partition coefficient (Wildman–Crippen LogP) is 8.26. The smallest absolute Gasteiger partial charge is 0.508 e. The summed E-state index contributed by atoms with van der Waals surface area (Å²) in [6.45, 7) is 9.11. The summed E-state index contributed by atoms with van der Waals surface area (Å²) in [6, 6.07) is 10.0. The van der Waals surface area contributed by atoms with E-state index < -0.39 is 0 Å². The fourth-order valence-electron chi connectivity index (χ4n) is 3.78. The maximum absolute atomic E-state index is 12.0. The van der Waals surface area contributed by atoms with E-state index in [2.05, 4.69) is 52.0 Å². The number of aromatic hydroxyl groups is 2. The van der Waals surface area contributed by atoms with Crippen LogP contribution in [0.3, 0.4) is 0 Å². The van der Waals surface area contributed by atoms with Crippen LogP contribution in [-0.2, 0) is 26.2 Å². The molecule has 2 nitrogen and oxygen atoms in total. The van der Waals surface area contributed by atoms with Crippen molar-refractivity contribution >= 4 is 0 Å². The first kappa shape index (κ1) is 30.8. The Bertz CT molecular complexity index is 904. The molecule has 0 heterocycles. The Morgan fingerprint density at radius 3 is 1.23 bits per heavy atom. The Labute approximate surface area is 227 Å². The molecule has 2 N–H and O–H groups in total. The van der Waals surface area contributed by atoms with Gasteiger partial charge in [-0.25, -0.2) is 19.9 Å². The number of phenols is 2. The first-order valence-electron chi connectivity index (χ1n) is 11.7. The molecule has 5 heteroatoms. The van der Waals surface area contributed by atoms with Crippen LogP contribution in [0.4, 0.5) is 8.78 Å². The quantitative estimate of drug-likeness (QED) is 0.365. The van der Waals surface area contributed by atoms with E-state index in [0.717, 1.165) is 25.7 Å². The molecule has 2 aromatic rings. The Balaban J connectivity index is 0.000000299. The van der Waals surface area contributed by atoms with Gasteiger partial charge in [-0.1, -0.05) is 52.4 Å². The van der Waals surface area contributed by atoms with Gasteiger partial charge in [-0.05, 0) is 48.5 Å². The van der Waals surface area contributed by atoms with E-state index in [1.165, 1.54) is 70.8 Å². The maximum atomic E-state index is 12.0. The summed E-state index contributed by atoms with van der Waals surface area (Å²) < 4.78 is 24.0. The Hall–Kier alpha value is -2.26. The third kappa shape index (κ3) is 10.9. The summed E-state index contributed by atoms with van der Waals surface area (Å²) in [6.07, 6.45) is 16.0. The van der Waals surface area contributed by atoms with Gasteiger partial charge in [0, 0.05) is 0 Å². The zero-order chi connectivity index (χ0) is 25.1. The third-order valence-corrected chi connectivity index (χ3v) is 5.49. The van der Waals surface area contributed by atoms with Crippen LogP contribution < -0.4 is 0 Å². The third-order valence-electron chi connectivity index (χ3n) is 5.49. The normalized spacial score (nSPS) is 14.1. The van der Waals surface area contributed by atoms with Crippen LogP contribution in [0.15, 0.2) is 83.0 Å². The summed E-state index contributed by atoms with van der Waals surface area (Å²) in [5, 5.41) is 17.2. The van der Waals surface area contributed by atoms with E-state index in [4.69, 9.17) is 10.2 Å². The molecule has 0 spiro atoms. The van der Waals surface area contributed by atoms with Crippen LogP contribution in [0, 0.1) is 35.6 Å². The van der Waals surface area contributed by atoms with Crippen molar-refractivity contribution in [2.75, 3.05) is 0 Å². The maximum Gasteiger partial charge on any atom is 2.00 e. The average molecular weight is 556 g/mol. The molecule has 184 valence electrons. The molecule has 4 rings (SSSR count). The zero-order valence-electron chi connectivity index (χ0n) is 20.9. The number of halogens is 2. The molecule has 0 aliphatic heterocycles. The number of hydrogen-bond donors (Lipinski definition) is 2. The molecular weight excluding hydrogens is 522 g/mol. The summed E-state index contributed by atoms with van der Waals surface area (Å²) in [4.78, 5) is 0. The molecule has 0 amide bonds. The van der Waals surface area contributed by atoms with E-state index in [1.807, 2.05) is 0 Å². The fourth-order valence-corrected chi connectivity index (χ4v) is 3.78. The summed E-state index contributed by atoms with van der Waals surface area (Å²) in [7, 11) is 0. The summed E-state index contributed by atoms with van der Waals surface area (Å²) >= 11 is 0. The van der Waals surface area contributed by atoms with Crippen LogP contribution in [0.2, 0.25) is 0 Å². The van der Waals surface area contributed by atoms with Crippen LogP contribution >= 0.6 is 0 Å². The number of hydrogen-bond acceptors (Lipinski definition) is 2. The van der Waals surface area contributed by atoms with Gasteiger partial charge in [0.05, 0.1) is 0 Å². The minimum absolute atomic E-state index is 0. The second-order valence-electron chi connectivity index (χ2n) is 8.80. The van der Waals surface area contributed by atoms with Crippen molar-refractivity contribution in [3.8, 4) is 11.5 Å². The van der Waals surface area contributed by atoms with Crippen LogP contribution in [0.25, 0.3) is 0 Å². The Kier molecular flexibility index (Phi) is 13.8. The zero-order valence-corrected chi connectivity index (χ0v) is 23.4. The second kappa shape index (κ2) is 15.7. The summed E-state index contributed by atoms with van der Waals surface area (Å²) in [5.74, 6) is 0.789. The van der Waals surface area contributed by atoms with Crippen LogP contribution in [0.5, 0.6) is 11.5 Å². The van der Waals surface area contributed by atoms with Crippen molar-refractivity contribution in [1.29, 1.82) is 0 Å². The van der Waals surface area contributed by atoms with Crippen molar-refractivity contribution in [1.82, 2.24) is 0 Å². The van der Waals surface area contributed by atoms with Crippen molar-refractivity contribution in [2.45, 2.75) is 53.4 Å². The molecule has 0 fully saturated rings. The van der Waals surface area contributed by atoms with E-state index in [9.17, 15) is 8.78 Å². The van der Waals surface area contributed by atoms with E-state index in [-0.39, 0.29) is 49.3 Å². The average Bonchev–Trinajstić information content (AvgIpc) is 3.47. The second-order valence-corrected chi connectivity index (χ2v) is 8.80. The van der Waals surface area contributed by atoms with Crippen LogP contribution in [-0.4, -0.2) is 10.2 Å². The first-order chi connectivity index (χ1) is 16.2. The van der Waals surface area contributed by atoms with Gasteiger partial charge in [0.25, 0.3) is 0 Å². The van der Waals surface area contributed by atoms with E-state index in [0.29, 0.717) is 11.8 Å². The van der Waals surface area contributed by atoms with Gasteiger partial charge in [-0.2, -0.15) is 23.3 Å². The van der Waals surface area contributed by atoms with Crippen LogP contribution in [0.1, 0.15) is 53.4 Å². The van der Waals surface area contributed by atoms with Gasteiger partial charge in [0.1, 0.15) is 23.1 Å². The number of benzene rings is 2. The van der Waals surface area contributed by atoms with Gasteiger partial charge < -0.3 is 10.2 Å². The van der Waals surface area contributed by atoms with E-state index >= 15 is 0 Å². The number of allylic oxidation sites excluding steroid dienone is 8. The van der Waals surface area contributed by atoms with Gasteiger partial charge in [-0.3, -0.25) is 12.2 Å². The molecule has 2 aliphatic rings. The molecule has 0 bridgehead atoms. The molecule has 0 saturated heterocycles.